The largest absolute Gasteiger partial charge is 0.338 e. The molecule has 1 aliphatic rings. The molecule has 2 aromatic rings. The number of likely N-dealkylation sites (tertiary alicyclic amines) is 1. The first-order chi connectivity index (χ1) is 12.8. The molecule has 1 heterocycles. The van der Waals surface area contributed by atoms with Gasteiger partial charge in [0.2, 0.25) is 0 Å². The van der Waals surface area contributed by atoms with Gasteiger partial charge in [-0.15, -0.1) is 0 Å². The molecular formula is C21H26N2O3S. The molecule has 1 amide bonds. The molecule has 1 saturated heterocycles. The van der Waals surface area contributed by atoms with Crippen molar-refractivity contribution in [1.82, 2.24) is 4.90 Å². The Labute approximate surface area is 161 Å². The molecule has 0 saturated carbocycles. The Hall–Kier alpha value is -2.34. The van der Waals surface area contributed by atoms with Crippen LogP contribution in [-0.2, 0) is 10.0 Å². The molecule has 0 aliphatic carbocycles. The third-order valence-corrected chi connectivity index (χ3v) is 6.57. The fraction of sp³-hybridized carbons (Fsp3) is 0.381. The highest BCUT2D eigenvalue weighted by atomic mass is 32.2. The fourth-order valence-corrected chi connectivity index (χ4v) is 4.87. The zero-order valence-electron chi connectivity index (χ0n) is 16.0. The van der Waals surface area contributed by atoms with Crippen LogP contribution >= 0.6 is 0 Å². The molecule has 0 radical (unpaired) electrons. The Balaban J connectivity index is 1.90. The fourth-order valence-electron chi connectivity index (χ4n) is 3.47. The van der Waals surface area contributed by atoms with Gasteiger partial charge in [0.15, 0.2) is 0 Å². The summed E-state index contributed by atoms with van der Waals surface area (Å²) in [6.07, 6.45) is 2.11. The van der Waals surface area contributed by atoms with Gasteiger partial charge in [-0.2, -0.15) is 0 Å². The number of sulfonamides is 1. The summed E-state index contributed by atoms with van der Waals surface area (Å²) in [5.74, 6) is 0.368. The van der Waals surface area contributed by atoms with Crippen molar-refractivity contribution < 1.29 is 13.2 Å². The molecule has 1 aliphatic heterocycles. The second-order valence-electron chi connectivity index (χ2n) is 7.40. The van der Waals surface area contributed by atoms with E-state index in [0.717, 1.165) is 31.5 Å². The Bertz CT molecular complexity index is 954. The van der Waals surface area contributed by atoms with Crippen LogP contribution in [0.5, 0.6) is 0 Å². The predicted octanol–water partition coefficient (Wildman–Crippen LogP) is 3.98. The standard InChI is InChI=1S/C21H26N2O3S/c1-15-7-6-12-23(14-15)21(24)18-11-10-17(3)20(13-18)27(25,26)22-19-9-5-4-8-16(19)2/h4-5,8-11,13,15,22H,6-7,12,14H2,1-3H3/t15-/m0/s1. The Morgan fingerprint density at radius 2 is 1.85 bits per heavy atom. The van der Waals surface area contributed by atoms with Crippen molar-refractivity contribution in [3.05, 3.63) is 59.2 Å². The number of nitrogens with zero attached hydrogens (tertiary/aromatic N) is 1. The van der Waals surface area contributed by atoms with Gasteiger partial charge in [-0.3, -0.25) is 9.52 Å². The van der Waals surface area contributed by atoms with Crippen molar-refractivity contribution in [2.45, 2.75) is 38.5 Å². The van der Waals surface area contributed by atoms with Crippen molar-refractivity contribution in [3.63, 3.8) is 0 Å². The minimum Gasteiger partial charge on any atom is -0.338 e. The number of carbonyl (C=O) groups excluding carboxylic acids is 1. The van der Waals surface area contributed by atoms with Crippen LogP contribution in [0.1, 0.15) is 41.3 Å². The summed E-state index contributed by atoms with van der Waals surface area (Å²) < 4.78 is 28.5. The summed E-state index contributed by atoms with van der Waals surface area (Å²) >= 11 is 0. The predicted molar refractivity (Wildman–Crippen MR) is 107 cm³/mol. The normalized spacial score (nSPS) is 17.6. The molecule has 1 atom stereocenters. The zero-order valence-corrected chi connectivity index (χ0v) is 16.8. The lowest BCUT2D eigenvalue weighted by atomic mass is 9.99. The van der Waals surface area contributed by atoms with Gasteiger partial charge in [0.1, 0.15) is 0 Å². The first kappa shape index (κ1) is 19.4. The van der Waals surface area contributed by atoms with Crippen molar-refractivity contribution in [1.29, 1.82) is 0 Å². The van der Waals surface area contributed by atoms with Crippen LogP contribution in [-0.4, -0.2) is 32.3 Å². The van der Waals surface area contributed by atoms with Crippen LogP contribution < -0.4 is 4.72 Å². The molecule has 5 nitrogen and oxygen atoms in total. The quantitative estimate of drug-likeness (QED) is 0.864. The summed E-state index contributed by atoms with van der Waals surface area (Å²) in [4.78, 5) is 14.8. The number of aryl methyl sites for hydroxylation is 2. The van der Waals surface area contributed by atoms with Crippen LogP contribution in [0, 0.1) is 19.8 Å². The molecule has 1 N–H and O–H groups in total. The van der Waals surface area contributed by atoms with Gasteiger partial charge in [0.05, 0.1) is 10.6 Å². The molecule has 2 aromatic carbocycles. The summed E-state index contributed by atoms with van der Waals surface area (Å²) in [6, 6.07) is 12.1. The topological polar surface area (TPSA) is 66.5 Å². The summed E-state index contributed by atoms with van der Waals surface area (Å²) in [6.45, 7) is 7.17. The van der Waals surface area contributed by atoms with E-state index in [-0.39, 0.29) is 10.8 Å². The Kier molecular flexibility index (Phi) is 5.56. The van der Waals surface area contributed by atoms with Gasteiger partial charge < -0.3 is 4.90 Å². The number of rotatable bonds is 4. The molecule has 0 spiro atoms. The lowest BCUT2D eigenvalue weighted by Gasteiger charge is -2.31. The van der Waals surface area contributed by atoms with Gasteiger partial charge in [0, 0.05) is 18.7 Å². The van der Waals surface area contributed by atoms with E-state index < -0.39 is 10.0 Å². The summed E-state index contributed by atoms with van der Waals surface area (Å²) in [5, 5.41) is 0. The van der Waals surface area contributed by atoms with Gasteiger partial charge in [-0.1, -0.05) is 31.2 Å². The van der Waals surface area contributed by atoms with Gasteiger partial charge in [0.25, 0.3) is 15.9 Å². The third kappa shape index (κ3) is 4.33. The Morgan fingerprint density at radius 3 is 2.56 bits per heavy atom. The third-order valence-electron chi connectivity index (χ3n) is 5.06. The van der Waals surface area contributed by atoms with E-state index in [2.05, 4.69) is 11.6 Å². The van der Waals surface area contributed by atoms with E-state index in [4.69, 9.17) is 0 Å². The monoisotopic (exact) mass is 386 g/mol. The molecular weight excluding hydrogens is 360 g/mol. The number of amides is 1. The lowest BCUT2D eigenvalue weighted by molar-refractivity contribution is 0.0683. The van der Waals surface area contributed by atoms with Crippen LogP contribution in [0.3, 0.4) is 0 Å². The number of benzene rings is 2. The van der Waals surface area contributed by atoms with Crippen LogP contribution in [0.2, 0.25) is 0 Å². The number of carbonyl (C=O) groups is 1. The van der Waals surface area contributed by atoms with E-state index in [1.54, 1.807) is 31.2 Å². The second kappa shape index (κ2) is 7.72. The maximum atomic E-state index is 12.9. The van der Waals surface area contributed by atoms with E-state index in [9.17, 15) is 13.2 Å². The number of anilines is 1. The average molecular weight is 387 g/mol. The second-order valence-corrected chi connectivity index (χ2v) is 9.05. The molecule has 3 rings (SSSR count). The number of hydrogen-bond donors (Lipinski definition) is 1. The molecule has 27 heavy (non-hydrogen) atoms. The number of nitrogens with one attached hydrogen (secondary N) is 1. The van der Waals surface area contributed by atoms with Gasteiger partial charge in [-0.05, 0) is 61.9 Å². The van der Waals surface area contributed by atoms with Crippen molar-refractivity contribution in [2.24, 2.45) is 5.92 Å². The minimum atomic E-state index is -3.78. The highest BCUT2D eigenvalue weighted by Crippen LogP contribution is 2.24. The Morgan fingerprint density at radius 1 is 1.11 bits per heavy atom. The molecule has 0 bridgehead atoms. The van der Waals surface area contributed by atoms with Crippen LogP contribution in [0.25, 0.3) is 0 Å². The highest BCUT2D eigenvalue weighted by molar-refractivity contribution is 7.92. The van der Waals surface area contributed by atoms with Crippen molar-refractivity contribution in [2.75, 3.05) is 17.8 Å². The summed E-state index contributed by atoms with van der Waals surface area (Å²) in [7, 11) is -3.78. The molecule has 144 valence electrons. The van der Waals surface area contributed by atoms with E-state index in [1.807, 2.05) is 24.0 Å². The van der Waals surface area contributed by atoms with E-state index in [1.165, 1.54) is 6.07 Å². The number of hydrogen-bond acceptors (Lipinski definition) is 3. The molecule has 0 unspecified atom stereocenters. The molecule has 0 aromatic heterocycles. The van der Waals surface area contributed by atoms with Crippen LogP contribution in [0.4, 0.5) is 5.69 Å². The van der Waals surface area contributed by atoms with E-state index >= 15 is 0 Å². The first-order valence-corrected chi connectivity index (χ1v) is 10.7. The van der Waals surface area contributed by atoms with E-state index in [0.29, 0.717) is 22.7 Å². The lowest BCUT2D eigenvalue weighted by Crippen LogP contribution is -2.39. The molecule has 6 heteroatoms. The highest BCUT2D eigenvalue weighted by Gasteiger charge is 2.25. The zero-order chi connectivity index (χ0) is 19.6. The van der Waals surface area contributed by atoms with Gasteiger partial charge in [-0.25, -0.2) is 8.42 Å². The van der Waals surface area contributed by atoms with Gasteiger partial charge >= 0.3 is 0 Å². The molecule has 1 fully saturated rings. The maximum absolute atomic E-state index is 12.9. The minimum absolute atomic E-state index is 0.103. The maximum Gasteiger partial charge on any atom is 0.262 e. The van der Waals surface area contributed by atoms with Crippen molar-refractivity contribution in [3.8, 4) is 0 Å². The number of piperidine rings is 1. The summed E-state index contributed by atoms with van der Waals surface area (Å²) in [5.41, 5.74) is 2.41. The van der Waals surface area contributed by atoms with Crippen LogP contribution in [0.15, 0.2) is 47.4 Å². The number of para-hydroxylation sites is 1. The smallest absolute Gasteiger partial charge is 0.262 e. The average Bonchev–Trinajstić information content (AvgIpc) is 2.63. The first-order valence-electron chi connectivity index (χ1n) is 9.26. The SMILES string of the molecule is Cc1ccccc1NS(=O)(=O)c1cc(C(=O)N2CCC[C@H](C)C2)ccc1C. The van der Waals surface area contributed by atoms with Crippen molar-refractivity contribution >= 4 is 21.6 Å².